The molecule has 0 aliphatic carbocycles. The fourth-order valence-electron chi connectivity index (χ4n) is 0.701. The molecule has 0 saturated heterocycles. The predicted octanol–water partition coefficient (Wildman–Crippen LogP) is 1.11. The van der Waals surface area contributed by atoms with E-state index >= 15 is 0 Å². The van der Waals surface area contributed by atoms with Crippen molar-refractivity contribution in [3.63, 3.8) is 0 Å². The number of nitrogens with one attached hydrogen (secondary N) is 1. The minimum atomic E-state index is -1.04. The Balaban J connectivity index is 2.67. The van der Waals surface area contributed by atoms with Gasteiger partial charge in [0.2, 0.25) is 0 Å². The third kappa shape index (κ3) is 1.51. The van der Waals surface area contributed by atoms with Gasteiger partial charge in [-0.05, 0) is 6.07 Å². The van der Waals surface area contributed by atoms with Gasteiger partial charge in [-0.15, -0.1) is 0 Å². The van der Waals surface area contributed by atoms with Gasteiger partial charge in [-0.25, -0.2) is 4.79 Å². The van der Waals surface area contributed by atoms with Crippen molar-refractivity contribution in [2.75, 3.05) is 5.32 Å². The van der Waals surface area contributed by atoms with Crippen molar-refractivity contribution in [3.8, 4) is 0 Å². The van der Waals surface area contributed by atoms with Crippen LogP contribution in [0.5, 0.6) is 0 Å². The maximum Gasteiger partial charge on any atom is 0.409 e. The van der Waals surface area contributed by atoms with Gasteiger partial charge in [0.1, 0.15) is 0 Å². The molecule has 4 heteroatoms. The number of rotatable bonds is 1. The van der Waals surface area contributed by atoms with Crippen LogP contribution in [0.4, 0.5) is 10.5 Å². The molecule has 0 aliphatic heterocycles. The first-order valence-corrected chi connectivity index (χ1v) is 2.80. The number of carbonyl (C=O) groups is 1. The van der Waals surface area contributed by atoms with Crippen LogP contribution in [0, 0.1) is 0 Å². The summed E-state index contributed by atoms with van der Waals surface area (Å²) in [5, 5.41) is 10.5. The third-order valence-electron chi connectivity index (χ3n) is 1.08. The predicted molar refractivity (Wildman–Crippen MR) is 37.1 cm³/mol. The van der Waals surface area contributed by atoms with Crippen LogP contribution >= 0.6 is 0 Å². The van der Waals surface area contributed by atoms with Gasteiger partial charge in [0, 0.05) is 19.4 Å². The molecule has 1 amide bonds. The monoisotopic (exact) mass is 140 g/mol. The summed E-state index contributed by atoms with van der Waals surface area (Å²) >= 11 is 0. The standard InChI is InChI=1S/C6H8N2O2/c1-8-3-2-5(4-8)7-6(9)10/h2-4,7H,1H3,(H,9,10). The van der Waals surface area contributed by atoms with E-state index in [-0.39, 0.29) is 0 Å². The molecule has 1 aromatic rings. The van der Waals surface area contributed by atoms with Crippen molar-refractivity contribution in [2.24, 2.45) is 7.05 Å². The number of hydrogen-bond donors (Lipinski definition) is 2. The zero-order chi connectivity index (χ0) is 7.56. The van der Waals surface area contributed by atoms with E-state index in [1.807, 2.05) is 7.05 Å². The van der Waals surface area contributed by atoms with Crippen LogP contribution in [0.2, 0.25) is 0 Å². The molecule has 0 unspecified atom stereocenters. The highest BCUT2D eigenvalue weighted by Crippen LogP contribution is 2.04. The molecule has 4 nitrogen and oxygen atoms in total. The average Bonchev–Trinajstić information content (AvgIpc) is 2.13. The average molecular weight is 140 g/mol. The Labute approximate surface area is 58.1 Å². The zero-order valence-corrected chi connectivity index (χ0v) is 5.53. The summed E-state index contributed by atoms with van der Waals surface area (Å²) in [5.74, 6) is 0. The van der Waals surface area contributed by atoms with Crippen molar-refractivity contribution in [1.29, 1.82) is 0 Å². The lowest BCUT2D eigenvalue weighted by atomic mass is 10.5. The summed E-state index contributed by atoms with van der Waals surface area (Å²) in [6.07, 6.45) is 2.42. The number of carboxylic acid groups (broad SMARTS) is 1. The maximum atomic E-state index is 10.1. The molecule has 1 aromatic heterocycles. The number of aryl methyl sites for hydroxylation is 1. The van der Waals surface area contributed by atoms with Crippen molar-refractivity contribution in [2.45, 2.75) is 0 Å². The topological polar surface area (TPSA) is 54.3 Å². The van der Waals surface area contributed by atoms with Gasteiger partial charge < -0.3 is 9.67 Å². The molecule has 0 fully saturated rings. The normalized spacial score (nSPS) is 9.30. The second-order valence-corrected chi connectivity index (χ2v) is 2.00. The number of hydrogen-bond acceptors (Lipinski definition) is 1. The largest absolute Gasteiger partial charge is 0.465 e. The third-order valence-corrected chi connectivity index (χ3v) is 1.08. The van der Waals surface area contributed by atoms with Crippen LogP contribution in [0.25, 0.3) is 0 Å². The first-order chi connectivity index (χ1) is 4.68. The second kappa shape index (κ2) is 2.43. The van der Waals surface area contributed by atoms with E-state index in [0.717, 1.165) is 0 Å². The van der Waals surface area contributed by atoms with Crippen LogP contribution in [-0.2, 0) is 7.05 Å². The lowest BCUT2D eigenvalue weighted by molar-refractivity contribution is 0.210. The molecule has 0 bridgehead atoms. The molecule has 54 valence electrons. The maximum absolute atomic E-state index is 10.1. The smallest absolute Gasteiger partial charge is 0.409 e. The number of amides is 1. The van der Waals surface area contributed by atoms with Crippen molar-refractivity contribution >= 4 is 11.8 Å². The zero-order valence-electron chi connectivity index (χ0n) is 5.53. The minimum Gasteiger partial charge on any atom is -0.465 e. The molecule has 1 heterocycles. The molecule has 2 N–H and O–H groups in total. The second-order valence-electron chi connectivity index (χ2n) is 2.00. The highest BCUT2D eigenvalue weighted by Gasteiger charge is 1.96. The van der Waals surface area contributed by atoms with Gasteiger partial charge in [0.15, 0.2) is 0 Å². The van der Waals surface area contributed by atoms with Crippen molar-refractivity contribution in [1.82, 2.24) is 4.57 Å². The van der Waals surface area contributed by atoms with Crippen LogP contribution in [0.1, 0.15) is 0 Å². The first-order valence-electron chi connectivity index (χ1n) is 2.80. The Morgan fingerprint density at radius 1 is 1.80 bits per heavy atom. The van der Waals surface area contributed by atoms with Crippen LogP contribution in [0.3, 0.4) is 0 Å². The summed E-state index contributed by atoms with van der Waals surface area (Å²) in [7, 11) is 1.83. The van der Waals surface area contributed by atoms with Crippen molar-refractivity contribution < 1.29 is 9.90 Å². The molecular weight excluding hydrogens is 132 g/mol. The Morgan fingerprint density at radius 3 is 2.90 bits per heavy atom. The molecule has 1 rings (SSSR count). The van der Waals surface area contributed by atoms with Crippen LogP contribution in [-0.4, -0.2) is 15.8 Å². The Morgan fingerprint density at radius 2 is 2.50 bits per heavy atom. The summed E-state index contributed by atoms with van der Waals surface area (Å²) in [5.41, 5.74) is 0.593. The minimum absolute atomic E-state index is 0.593. The van der Waals surface area contributed by atoms with Gasteiger partial charge in [-0.2, -0.15) is 0 Å². The SMILES string of the molecule is Cn1ccc(NC(=O)O)c1. The van der Waals surface area contributed by atoms with E-state index in [0.29, 0.717) is 5.69 Å². The van der Waals surface area contributed by atoms with Gasteiger partial charge in [0.25, 0.3) is 0 Å². The number of aromatic nitrogens is 1. The number of anilines is 1. The van der Waals surface area contributed by atoms with Gasteiger partial charge in [-0.3, -0.25) is 5.32 Å². The molecule has 0 atom stereocenters. The molecule has 10 heavy (non-hydrogen) atoms. The molecule has 0 spiro atoms. The molecule has 0 aliphatic rings. The fraction of sp³-hybridized carbons (Fsp3) is 0.167. The van der Waals surface area contributed by atoms with E-state index in [1.165, 1.54) is 0 Å². The highest BCUT2D eigenvalue weighted by molar-refractivity contribution is 5.82. The Bertz CT molecular complexity index is 242. The van der Waals surface area contributed by atoms with Gasteiger partial charge >= 0.3 is 6.09 Å². The fourth-order valence-corrected chi connectivity index (χ4v) is 0.701. The summed E-state index contributed by atoms with van der Waals surface area (Å²) < 4.78 is 1.77. The summed E-state index contributed by atoms with van der Waals surface area (Å²) in [6.45, 7) is 0. The lowest BCUT2D eigenvalue weighted by Crippen LogP contribution is -2.05. The first kappa shape index (κ1) is 6.67. The lowest BCUT2D eigenvalue weighted by Gasteiger charge is -1.92. The molecule has 0 saturated carbocycles. The number of nitrogens with zero attached hydrogens (tertiary/aromatic N) is 1. The van der Waals surface area contributed by atoms with Crippen molar-refractivity contribution in [3.05, 3.63) is 18.5 Å². The van der Waals surface area contributed by atoms with E-state index in [4.69, 9.17) is 5.11 Å². The molecule has 0 aromatic carbocycles. The quantitative estimate of drug-likeness (QED) is 0.614. The molecular formula is C6H8N2O2. The Hall–Kier alpha value is -1.45. The van der Waals surface area contributed by atoms with Gasteiger partial charge in [-0.1, -0.05) is 0 Å². The van der Waals surface area contributed by atoms with E-state index < -0.39 is 6.09 Å². The van der Waals surface area contributed by atoms with Crippen LogP contribution < -0.4 is 5.32 Å². The summed E-state index contributed by atoms with van der Waals surface area (Å²) in [6, 6.07) is 1.69. The van der Waals surface area contributed by atoms with Crippen LogP contribution in [0.15, 0.2) is 18.5 Å². The summed E-state index contributed by atoms with van der Waals surface area (Å²) in [4.78, 5) is 10.1. The van der Waals surface area contributed by atoms with E-state index in [1.54, 1.807) is 23.0 Å². The van der Waals surface area contributed by atoms with E-state index in [2.05, 4.69) is 5.32 Å². The van der Waals surface area contributed by atoms with Gasteiger partial charge in [0.05, 0.1) is 5.69 Å². The highest BCUT2D eigenvalue weighted by atomic mass is 16.4. The van der Waals surface area contributed by atoms with E-state index in [9.17, 15) is 4.79 Å². The molecule has 0 radical (unpaired) electrons. The Kier molecular flexibility index (Phi) is 1.62.